The minimum Gasteiger partial charge on any atom is -0.461 e. The molecule has 20 heavy (non-hydrogen) atoms. The van der Waals surface area contributed by atoms with E-state index in [-0.39, 0.29) is 17.4 Å². The lowest BCUT2D eigenvalue weighted by Gasteiger charge is -2.09. The number of rotatable bonds is 10. The molecule has 0 saturated carbocycles. The highest BCUT2D eigenvalue weighted by Gasteiger charge is 2.07. The molecule has 0 unspecified atom stereocenters. The molecule has 0 aliphatic carbocycles. The molecule has 1 aromatic rings. The Balaban J connectivity index is 2.30. The highest BCUT2D eigenvalue weighted by molar-refractivity contribution is 7.98. The summed E-state index contributed by atoms with van der Waals surface area (Å²) in [4.78, 5) is 12.1. The van der Waals surface area contributed by atoms with Crippen LogP contribution in [0.4, 0.5) is 5.95 Å². The Kier molecular flexibility index (Phi) is 8.69. The van der Waals surface area contributed by atoms with Gasteiger partial charge in [0.15, 0.2) is 0 Å². The first-order chi connectivity index (χ1) is 9.61. The average molecular weight is 319 g/mol. The minimum absolute atomic E-state index is 0.0118. The Labute approximate surface area is 130 Å². The summed E-state index contributed by atoms with van der Waals surface area (Å²) in [5.74, 6) is 1.72. The van der Waals surface area contributed by atoms with Crippen LogP contribution < -0.4 is 10.1 Å². The van der Waals surface area contributed by atoms with Crippen LogP contribution in [0.3, 0.4) is 0 Å². The SMILES string of the molecule is CSCCCCCCNc1nc(Cl)nc(OC(C)C)n1. The van der Waals surface area contributed by atoms with Crippen molar-refractivity contribution in [2.75, 3.05) is 23.9 Å². The fraction of sp³-hybridized carbons (Fsp3) is 0.769. The second-order valence-electron chi connectivity index (χ2n) is 4.71. The molecule has 1 heterocycles. The van der Waals surface area contributed by atoms with Gasteiger partial charge in [0, 0.05) is 6.54 Å². The fourth-order valence-corrected chi connectivity index (χ4v) is 2.24. The van der Waals surface area contributed by atoms with Crippen molar-refractivity contribution >= 4 is 29.3 Å². The van der Waals surface area contributed by atoms with Crippen molar-refractivity contribution in [2.24, 2.45) is 0 Å². The van der Waals surface area contributed by atoms with Gasteiger partial charge in [-0.3, -0.25) is 0 Å². The molecular formula is C13H23ClN4OS. The summed E-state index contributed by atoms with van der Waals surface area (Å²) in [6, 6.07) is 0.266. The van der Waals surface area contributed by atoms with Gasteiger partial charge >= 0.3 is 6.01 Å². The Hall–Kier alpha value is -0.750. The van der Waals surface area contributed by atoms with E-state index in [1.165, 1.54) is 25.0 Å². The molecule has 0 fully saturated rings. The molecule has 0 radical (unpaired) electrons. The fourth-order valence-electron chi connectivity index (χ4n) is 1.60. The molecular weight excluding hydrogens is 296 g/mol. The van der Waals surface area contributed by atoms with Gasteiger partial charge in [0.1, 0.15) is 0 Å². The zero-order chi connectivity index (χ0) is 14.8. The van der Waals surface area contributed by atoms with Crippen molar-refractivity contribution in [1.29, 1.82) is 0 Å². The first-order valence-electron chi connectivity index (χ1n) is 6.93. The summed E-state index contributed by atoms with van der Waals surface area (Å²) in [5, 5.41) is 3.31. The number of hydrogen-bond donors (Lipinski definition) is 1. The maximum atomic E-state index is 5.85. The lowest BCUT2D eigenvalue weighted by molar-refractivity contribution is 0.222. The van der Waals surface area contributed by atoms with Crippen LogP contribution in [-0.2, 0) is 0 Å². The van der Waals surface area contributed by atoms with Crippen LogP contribution in [0, 0.1) is 0 Å². The van der Waals surface area contributed by atoms with Gasteiger partial charge in [-0.1, -0.05) is 12.8 Å². The molecule has 0 aliphatic rings. The summed E-state index contributed by atoms with van der Waals surface area (Å²) in [6.07, 6.45) is 7.01. The first-order valence-corrected chi connectivity index (χ1v) is 8.70. The van der Waals surface area contributed by atoms with Gasteiger partial charge in [-0.05, 0) is 50.3 Å². The number of nitrogens with one attached hydrogen (secondary N) is 1. The highest BCUT2D eigenvalue weighted by atomic mass is 35.5. The van der Waals surface area contributed by atoms with Crippen molar-refractivity contribution in [2.45, 2.75) is 45.6 Å². The van der Waals surface area contributed by atoms with Crippen LogP contribution in [0.5, 0.6) is 6.01 Å². The molecule has 114 valence electrons. The smallest absolute Gasteiger partial charge is 0.322 e. The van der Waals surface area contributed by atoms with Gasteiger partial charge in [0.05, 0.1) is 6.10 Å². The largest absolute Gasteiger partial charge is 0.461 e. The molecule has 1 aromatic heterocycles. The van der Waals surface area contributed by atoms with E-state index >= 15 is 0 Å². The number of hydrogen-bond acceptors (Lipinski definition) is 6. The van der Waals surface area contributed by atoms with Gasteiger partial charge in [-0.2, -0.15) is 26.7 Å². The monoisotopic (exact) mass is 318 g/mol. The quantitative estimate of drug-likeness (QED) is 0.664. The Morgan fingerprint density at radius 1 is 1.15 bits per heavy atom. The average Bonchev–Trinajstić information content (AvgIpc) is 2.36. The standard InChI is InChI=1S/C13H23ClN4OS/c1-10(2)19-13-17-11(14)16-12(18-13)15-8-6-4-5-7-9-20-3/h10H,4-9H2,1-3H3,(H,15,16,17,18). The third-order valence-corrected chi connectivity index (χ3v) is 3.35. The Morgan fingerprint density at radius 2 is 1.90 bits per heavy atom. The molecule has 0 aromatic carbocycles. The number of anilines is 1. The van der Waals surface area contributed by atoms with Gasteiger partial charge in [0.2, 0.25) is 11.2 Å². The summed E-state index contributed by atoms with van der Waals surface area (Å²) < 4.78 is 5.42. The predicted octanol–water partition coefficient (Wildman–Crippen LogP) is 3.65. The van der Waals surface area contributed by atoms with Crippen LogP contribution in [0.25, 0.3) is 0 Å². The van der Waals surface area contributed by atoms with Gasteiger partial charge in [-0.25, -0.2) is 0 Å². The molecule has 7 heteroatoms. The molecule has 1 N–H and O–H groups in total. The van der Waals surface area contributed by atoms with Crippen LogP contribution in [0.15, 0.2) is 0 Å². The maximum Gasteiger partial charge on any atom is 0.322 e. The number of unbranched alkanes of at least 4 members (excludes halogenated alkanes) is 3. The third kappa shape index (κ3) is 7.75. The molecule has 0 atom stereocenters. The second-order valence-corrected chi connectivity index (χ2v) is 6.03. The van der Waals surface area contributed by atoms with Crippen LogP contribution >= 0.6 is 23.4 Å². The summed E-state index contributed by atoms with van der Waals surface area (Å²) in [7, 11) is 0. The van der Waals surface area contributed by atoms with Crippen molar-refractivity contribution < 1.29 is 4.74 Å². The Bertz CT molecular complexity index is 393. The molecule has 5 nitrogen and oxygen atoms in total. The molecule has 1 rings (SSSR count). The van der Waals surface area contributed by atoms with Crippen LogP contribution in [-0.4, -0.2) is 39.6 Å². The Morgan fingerprint density at radius 3 is 2.60 bits per heavy atom. The van der Waals surface area contributed by atoms with E-state index in [4.69, 9.17) is 16.3 Å². The van der Waals surface area contributed by atoms with E-state index in [2.05, 4.69) is 26.5 Å². The zero-order valence-corrected chi connectivity index (χ0v) is 13.9. The molecule has 0 amide bonds. The number of ether oxygens (including phenoxy) is 1. The highest BCUT2D eigenvalue weighted by Crippen LogP contribution is 2.13. The first kappa shape index (κ1) is 17.3. The number of nitrogens with zero attached hydrogens (tertiary/aromatic N) is 3. The normalized spacial score (nSPS) is 10.8. The zero-order valence-electron chi connectivity index (χ0n) is 12.4. The van der Waals surface area contributed by atoms with E-state index in [1.807, 2.05) is 25.6 Å². The van der Waals surface area contributed by atoms with E-state index < -0.39 is 0 Å². The molecule has 0 saturated heterocycles. The molecule has 0 spiro atoms. The van der Waals surface area contributed by atoms with E-state index in [9.17, 15) is 0 Å². The van der Waals surface area contributed by atoms with E-state index in [0.29, 0.717) is 5.95 Å². The topological polar surface area (TPSA) is 59.9 Å². The minimum atomic E-state index is 0.0118. The molecule has 0 bridgehead atoms. The van der Waals surface area contributed by atoms with Crippen molar-refractivity contribution in [3.8, 4) is 6.01 Å². The van der Waals surface area contributed by atoms with Gasteiger partial charge in [-0.15, -0.1) is 0 Å². The predicted molar refractivity (Wildman–Crippen MR) is 85.9 cm³/mol. The second kappa shape index (κ2) is 10.0. The molecule has 0 aliphatic heterocycles. The van der Waals surface area contributed by atoms with Crippen molar-refractivity contribution in [3.05, 3.63) is 5.28 Å². The van der Waals surface area contributed by atoms with Gasteiger partial charge in [0.25, 0.3) is 0 Å². The van der Waals surface area contributed by atoms with E-state index in [1.54, 1.807) is 0 Å². The lowest BCUT2D eigenvalue weighted by Crippen LogP contribution is -2.12. The van der Waals surface area contributed by atoms with Gasteiger partial charge < -0.3 is 10.1 Å². The summed E-state index contributed by atoms with van der Waals surface area (Å²) in [6.45, 7) is 4.67. The number of thioether (sulfide) groups is 1. The third-order valence-electron chi connectivity index (χ3n) is 2.49. The van der Waals surface area contributed by atoms with Crippen molar-refractivity contribution in [3.63, 3.8) is 0 Å². The summed E-state index contributed by atoms with van der Waals surface area (Å²) in [5.41, 5.74) is 0. The van der Waals surface area contributed by atoms with Crippen LogP contribution in [0.1, 0.15) is 39.5 Å². The number of halogens is 1. The summed E-state index contributed by atoms with van der Waals surface area (Å²) >= 11 is 7.75. The lowest BCUT2D eigenvalue weighted by atomic mass is 10.2. The maximum absolute atomic E-state index is 5.85. The van der Waals surface area contributed by atoms with E-state index in [0.717, 1.165) is 13.0 Å². The number of aromatic nitrogens is 3. The van der Waals surface area contributed by atoms with Crippen molar-refractivity contribution in [1.82, 2.24) is 15.0 Å². The van der Waals surface area contributed by atoms with Crippen LogP contribution in [0.2, 0.25) is 5.28 Å².